The van der Waals surface area contributed by atoms with Gasteiger partial charge in [-0.2, -0.15) is 0 Å². The second-order valence-electron chi connectivity index (χ2n) is 4.43. The van der Waals surface area contributed by atoms with Crippen molar-refractivity contribution in [2.24, 2.45) is 0 Å². The number of rotatable bonds is 3. The fraction of sp³-hybridized carbons (Fsp3) is 0.583. The van der Waals surface area contributed by atoms with Crippen LogP contribution in [0, 0.1) is 0 Å². The smallest absolute Gasteiger partial charge is 0.106 e. The zero-order valence-electron chi connectivity index (χ0n) is 9.62. The van der Waals surface area contributed by atoms with Gasteiger partial charge in [0.1, 0.15) is 4.60 Å². The predicted octanol–water partition coefficient (Wildman–Crippen LogP) is 2.03. The molecule has 1 aromatic rings. The summed E-state index contributed by atoms with van der Waals surface area (Å²) in [6.45, 7) is 3.24. The molecule has 1 unspecified atom stereocenters. The van der Waals surface area contributed by atoms with Crippen LogP contribution in [0.3, 0.4) is 0 Å². The number of aromatic nitrogens is 1. The molecule has 1 N–H and O–H groups in total. The number of halogens is 1. The minimum absolute atomic E-state index is 0.611. The second-order valence-corrected chi connectivity index (χ2v) is 5.25. The molecule has 2 rings (SSSR count). The van der Waals surface area contributed by atoms with E-state index < -0.39 is 0 Å². The molecule has 16 heavy (non-hydrogen) atoms. The highest BCUT2D eigenvalue weighted by Gasteiger charge is 2.16. The average molecular weight is 284 g/mol. The Balaban J connectivity index is 1.82. The normalized spacial score (nSPS) is 22.2. The Morgan fingerprint density at radius 1 is 1.56 bits per heavy atom. The van der Waals surface area contributed by atoms with Gasteiger partial charge in [-0.25, -0.2) is 4.98 Å². The first-order valence-electron chi connectivity index (χ1n) is 5.77. The highest BCUT2D eigenvalue weighted by Crippen LogP contribution is 2.10. The number of likely N-dealkylation sites (N-methyl/N-ethyl adjacent to an activating group) is 1. The summed E-state index contributed by atoms with van der Waals surface area (Å²) in [7, 11) is 2.19. The van der Waals surface area contributed by atoms with Gasteiger partial charge in [0.05, 0.1) is 5.69 Å². The van der Waals surface area contributed by atoms with E-state index in [2.05, 4.69) is 44.2 Å². The van der Waals surface area contributed by atoms with Crippen LogP contribution in [0.1, 0.15) is 18.5 Å². The molecule has 1 aliphatic heterocycles. The lowest BCUT2D eigenvalue weighted by Crippen LogP contribution is -2.43. The molecule has 1 atom stereocenters. The Hall–Kier alpha value is -0.450. The molecule has 3 nitrogen and oxygen atoms in total. The first-order valence-corrected chi connectivity index (χ1v) is 6.57. The quantitative estimate of drug-likeness (QED) is 0.861. The van der Waals surface area contributed by atoms with Gasteiger partial charge in [-0.05, 0) is 54.5 Å². The average Bonchev–Trinajstić information content (AvgIpc) is 2.27. The van der Waals surface area contributed by atoms with Crippen LogP contribution in [0.4, 0.5) is 0 Å². The standard InChI is InChI=1S/C12H18BrN3/c1-16-7-3-5-11(9-16)14-8-10-4-2-6-12(13)15-10/h2,4,6,11,14H,3,5,7-9H2,1H3. The fourth-order valence-electron chi connectivity index (χ4n) is 2.13. The van der Waals surface area contributed by atoms with Gasteiger partial charge in [0.15, 0.2) is 0 Å². The van der Waals surface area contributed by atoms with Crippen molar-refractivity contribution in [2.45, 2.75) is 25.4 Å². The van der Waals surface area contributed by atoms with Crippen molar-refractivity contribution in [3.05, 3.63) is 28.5 Å². The van der Waals surface area contributed by atoms with Gasteiger partial charge in [-0.1, -0.05) is 6.07 Å². The molecule has 0 radical (unpaired) electrons. The van der Waals surface area contributed by atoms with Crippen molar-refractivity contribution in [3.63, 3.8) is 0 Å². The molecule has 88 valence electrons. The largest absolute Gasteiger partial charge is 0.307 e. The number of likely N-dealkylation sites (tertiary alicyclic amines) is 1. The summed E-state index contributed by atoms with van der Waals surface area (Å²) < 4.78 is 0.910. The minimum atomic E-state index is 0.611. The van der Waals surface area contributed by atoms with Crippen molar-refractivity contribution < 1.29 is 0 Å². The van der Waals surface area contributed by atoms with E-state index in [-0.39, 0.29) is 0 Å². The lowest BCUT2D eigenvalue weighted by atomic mass is 10.1. The summed E-state index contributed by atoms with van der Waals surface area (Å²) in [5.41, 5.74) is 1.10. The molecule has 0 saturated carbocycles. The van der Waals surface area contributed by atoms with Gasteiger partial charge in [-0.3, -0.25) is 0 Å². The highest BCUT2D eigenvalue weighted by molar-refractivity contribution is 9.10. The lowest BCUT2D eigenvalue weighted by molar-refractivity contribution is 0.226. The summed E-state index contributed by atoms with van der Waals surface area (Å²) >= 11 is 3.39. The first-order chi connectivity index (χ1) is 7.74. The Labute approximate surface area is 105 Å². The van der Waals surface area contributed by atoms with Crippen LogP contribution >= 0.6 is 15.9 Å². The van der Waals surface area contributed by atoms with Gasteiger partial charge < -0.3 is 10.2 Å². The molecule has 0 aliphatic carbocycles. The predicted molar refractivity (Wildman–Crippen MR) is 69.3 cm³/mol. The number of nitrogens with one attached hydrogen (secondary N) is 1. The maximum atomic E-state index is 4.42. The topological polar surface area (TPSA) is 28.2 Å². The van der Waals surface area contributed by atoms with Gasteiger partial charge >= 0.3 is 0 Å². The van der Waals surface area contributed by atoms with Crippen molar-refractivity contribution >= 4 is 15.9 Å². The summed E-state index contributed by atoms with van der Waals surface area (Å²) in [6, 6.07) is 6.66. The molecule has 1 aromatic heterocycles. The number of pyridine rings is 1. The summed E-state index contributed by atoms with van der Waals surface area (Å²) in [6.07, 6.45) is 2.57. The van der Waals surface area contributed by atoms with Crippen LogP contribution in [0.2, 0.25) is 0 Å². The van der Waals surface area contributed by atoms with E-state index in [1.165, 1.54) is 19.4 Å². The Kier molecular flexibility index (Phi) is 4.32. The van der Waals surface area contributed by atoms with E-state index in [1.807, 2.05) is 12.1 Å². The van der Waals surface area contributed by atoms with Gasteiger partial charge in [0.2, 0.25) is 0 Å². The third kappa shape index (κ3) is 3.54. The Bertz CT molecular complexity index is 343. The highest BCUT2D eigenvalue weighted by atomic mass is 79.9. The van der Waals surface area contributed by atoms with Crippen LogP contribution in [0.15, 0.2) is 22.8 Å². The van der Waals surface area contributed by atoms with E-state index in [0.717, 1.165) is 23.4 Å². The molecule has 2 heterocycles. The first kappa shape index (κ1) is 12.0. The molecule has 0 bridgehead atoms. The lowest BCUT2D eigenvalue weighted by Gasteiger charge is -2.30. The number of hydrogen-bond acceptors (Lipinski definition) is 3. The third-order valence-electron chi connectivity index (χ3n) is 2.97. The van der Waals surface area contributed by atoms with E-state index in [4.69, 9.17) is 0 Å². The summed E-state index contributed by atoms with van der Waals surface area (Å²) in [5.74, 6) is 0. The second kappa shape index (κ2) is 5.75. The molecule has 1 saturated heterocycles. The SMILES string of the molecule is CN1CCCC(NCc2cccc(Br)n2)C1. The molecule has 0 aromatic carbocycles. The number of hydrogen-bond donors (Lipinski definition) is 1. The monoisotopic (exact) mass is 283 g/mol. The van der Waals surface area contributed by atoms with Crippen molar-refractivity contribution in [3.8, 4) is 0 Å². The van der Waals surface area contributed by atoms with Gasteiger partial charge in [0, 0.05) is 19.1 Å². The summed E-state index contributed by atoms with van der Waals surface area (Å²) in [4.78, 5) is 6.80. The fourth-order valence-corrected chi connectivity index (χ4v) is 2.51. The third-order valence-corrected chi connectivity index (χ3v) is 3.41. The molecule has 0 amide bonds. The number of piperidine rings is 1. The van der Waals surface area contributed by atoms with E-state index >= 15 is 0 Å². The molecule has 1 aliphatic rings. The van der Waals surface area contributed by atoms with E-state index in [0.29, 0.717) is 6.04 Å². The van der Waals surface area contributed by atoms with Crippen molar-refractivity contribution in [1.82, 2.24) is 15.2 Å². The van der Waals surface area contributed by atoms with Crippen molar-refractivity contribution in [1.29, 1.82) is 0 Å². The molecule has 4 heteroatoms. The Morgan fingerprint density at radius 3 is 3.19 bits per heavy atom. The molecular formula is C12H18BrN3. The maximum absolute atomic E-state index is 4.42. The van der Waals surface area contributed by atoms with Gasteiger partial charge in [0.25, 0.3) is 0 Å². The van der Waals surface area contributed by atoms with Crippen LogP contribution in [0.5, 0.6) is 0 Å². The molecule has 1 fully saturated rings. The minimum Gasteiger partial charge on any atom is -0.307 e. The van der Waals surface area contributed by atoms with Crippen LogP contribution in [-0.2, 0) is 6.54 Å². The Morgan fingerprint density at radius 2 is 2.44 bits per heavy atom. The zero-order chi connectivity index (χ0) is 11.4. The molecule has 0 spiro atoms. The van der Waals surface area contributed by atoms with E-state index in [1.54, 1.807) is 0 Å². The van der Waals surface area contributed by atoms with Crippen molar-refractivity contribution in [2.75, 3.05) is 20.1 Å². The number of nitrogens with zero attached hydrogens (tertiary/aromatic N) is 2. The van der Waals surface area contributed by atoms with Crippen LogP contribution in [0.25, 0.3) is 0 Å². The zero-order valence-corrected chi connectivity index (χ0v) is 11.2. The summed E-state index contributed by atoms with van der Waals surface area (Å²) in [5, 5.41) is 3.57. The van der Waals surface area contributed by atoms with Crippen LogP contribution in [-0.4, -0.2) is 36.1 Å². The van der Waals surface area contributed by atoms with E-state index in [9.17, 15) is 0 Å². The maximum Gasteiger partial charge on any atom is 0.106 e. The molecular weight excluding hydrogens is 266 g/mol. The van der Waals surface area contributed by atoms with Crippen LogP contribution < -0.4 is 5.32 Å². The van der Waals surface area contributed by atoms with Gasteiger partial charge in [-0.15, -0.1) is 0 Å².